The molecule has 0 aliphatic rings. The van der Waals surface area contributed by atoms with Gasteiger partial charge in [0, 0.05) is 19.1 Å². The van der Waals surface area contributed by atoms with Crippen LogP contribution in [0.4, 0.5) is 0 Å². The quantitative estimate of drug-likeness (QED) is 0.0529. The first-order chi connectivity index (χ1) is 20.6. The Morgan fingerprint density at radius 3 is 1.12 bits per heavy atom. The lowest BCUT2D eigenvalue weighted by atomic mass is 10.0. The SMILES string of the molecule is CCCCCCCCCCCCCCCCCC(=O)[O][Al]([O]CCCCCCCCCCCCCCCC)[O]C(C)C. The Hall–Kier alpha value is -0.0775. The van der Waals surface area contributed by atoms with Gasteiger partial charge in [-0.15, -0.1) is 0 Å². The monoisotopic (exact) mass is 611 g/mol. The molecule has 0 rings (SSSR count). The van der Waals surface area contributed by atoms with Gasteiger partial charge in [-0.1, -0.05) is 187 Å². The van der Waals surface area contributed by atoms with Gasteiger partial charge in [0.25, 0.3) is 5.97 Å². The summed E-state index contributed by atoms with van der Waals surface area (Å²) in [5.41, 5.74) is 0. The van der Waals surface area contributed by atoms with Crippen molar-refractivity contribution in [2.24, 2.45) is 0 Å². The number of hydrogen-bond acceptors (Lipinski definition) is 4. The third-order valence-corrected chi connectivity index (χ3v) is 10.1. The lowest BCUT2D eigenvalue weighted by Gasteiger charge is -2.16. The van der Waals surface area contributed by atoms with Crippen molar-refractivity contribution in [1.82, 2.24) is 0 Å². The fourth-order valence-electron chi connectivity index (χ4n) is 5.61. The molecule has 0 fully saturated rings. The van der Waals surface area contributed by atoms with E-state index in [4.69, 9.17) is 11.4 Å². The van der Waals surface area contributed by atoms with E-state index in [1.807, 2.05) is 13.8 Å². The second-order valence-corrected chi connectivity index (χ2v) is 14.5. The summed E-state index contributed by atoms with van der Waals surface area (Å²) in [7, 11) is 0. The lowest BCUT2D eigenvalue weighted by molar-refractivity contribution is -0.138. The van der Waals surface area contributed by atoms with E-state index in [9.17, 15) is 4.79 Å². The Balaban J connectivity index is 3.60. The minimum Gasteiger partial charge on any atom is -0.572 e. The Labute approximate surface area is 269 Å². The molecule has 0 unspecified atom stereocenters. The van der Waals surface area contributed by atoms with Crippen LogP contribution >= 0.6 is 0 Å². The first-order valence-corrected chi connectivity index (χ1v) is 20.5. The van der Waals surface area contributed by atoms with Crippen LogP contribution in [0.5, 0.6) is 0 Å². The summed E-state index contributed by atoms with van der Waals surface area (Å²) in [5.74, 6) is -0.136. The maximum atomic E-state index is 12.4. The highest BCUT2D eigenvalue weighted by Gasteiger charge is 2.37. The largest absolute Gasteiger partial charge is 1.00 e. The number of carbonyl (C=O) groups is 1. The van der Waals surface area contributed by atoms with Crippen LogP contribution in [0.15, 0.2) is 0 Å². The highest BCUT2D eigenvalue weighted by atomic mass is 27.3. The standard InChI is InChI=1S/C18H36O2.C16H33O.C3H7O.Al/c1-2-3-4-5-6-7-8-9-10-11-12-13-14-15-16-17-18(19)20;1-2-3-4-5-6-7-8-9-10-11-12-13-14-15-16-17;1-3(2)4;/h2-17H2,1H3,(H,19,20);2-16H2,1H3;3H,1-2H3;/q;2*-1;+3/p-1. The summed E-state index contributed by atoms with van der Waals surface area (Å²) >= 11 is -2.38. The van der Waals surface area contributed by atoms with Gasteiger partial charge >= 0.3 is 15.1 Å². The van der Waals surface area contributed by atoms with Crippen LogP contribution in [0.1, 0.15) is 220 Å². The van der Waals surface area contributed by atoms with Crippen LogP contribution in [-0.2, 0) is 16.2 Å². The van der Waals surface area contributed by atoms with Gasteiger partial charge < -0.3 is 11.4 Å². The van der Waals surface area contributed by atoms with E-state index in [1.165, 1.54) is 167 Å². The Morgan fingerprint density at radius 2 is 0.786 bits per heavy atom. The normalized spacial score (nSPS) is 11.5. The summed E-state index contributed by atoms with van der Waals surface area (Å²) in [4.78, 5) is 12.4. The number of rotatable bonds is 35. The first-order valence-electron chi connectivity index (χ1n) is 19.1. The van der Waals surface area contributed by atoms with Crippen molar-refractivity contribution in [1.29, 1.82) is 0 Å². The Bertz CT molecular complexity index is 528. The van der Waals surface area contributed by atoms with Crippen molar-refractivity contribution in [3.05, 3.63) is 0 Å². The summed E-state index contributed by atoms with van der Waals surface area (Å²) < 4.78 is 17.4. The van der Waals surface area contributed by atoms with Gasteiger partial charge in [0.15, 0.2) is 0 Å². The zero-order chi connectivity index (χ0) is 30.8. The molecule has 4 nitrogen and oxygen atoms in total. The molecule has 42 heavy (non-hydrogen) atoms. The molecule has 0 atom stereocenters. The molecular formula is C37H75AlO4. The number of unbranched alkanes of at least 4 members (excludes halogenated alkanes) is 27. The van der Waals surface area contributed by atoms with E-state index >= 15 is 0 Å². The maximum Gasteiger partial charge on any atom is 1.00 e. The molecule has 0 aromatic rings. The Kier molecular flexibility index (Phi) is 35.3. The van der Waals surface area contributed by atoms with Gasteiger partial charge in [-0.2, -0.15) is 0 Å². The van der Waals surface area contributed by atoms with Crippen LogP contribution in [0.25, 0.3) is 0 Å². The zero-order valence-corrected chi connectivity index (χ0v) is 30.4. The van der Waals surface area contributed by atoms with E-state index < -0.39 is 15.1 Å². The third kappa shape index (κ3) is 34.4. The highest BCUT2D eigenvalue weighted by Crippen LogP contribution is 2.15. The molecule has 0 aliphatic heterocycles. The van der Waals surface area contributed by atoms with E-state index in [-0.39, 0.29) is 12.1 Å². The molecule has 5 heteroatoms. The van der Waals surface area contributed by atoms with Gasteiger partial charge in [0.05, 0.1) is 0 Å². The molecule has 0 saturated carbocycles. The fourth-order valence-corrected chi connectivity index (χ4v) is 6.94. The van der Waals surface area contributed by atoms with E-state index in [0.717, 1.165) is 19.3 Å². The van der Waals surface area contributed by atoms with Gasteiger partial charge in [0.2, 0.25) is 0 Å². The molecule has 0 spiro atoms. The fraction of sp³-hybridized carbons (Fsp3) is 0.973. The summed E-state index contributed by atoms with van der Waals surface area (Å²) in [6.07, 6.45) is 39.3. The molecular weight excluding hydrogens is 535 g/mol. The van der Waals surface area contributed by atoms with Crippen molar-refractivity contribution in [3.8, 4) is 0 Å². The summed E-state index contributed by atoms with van der Waals surface area (Å²) in [6.45, 7) is 9.18. The predicted octanol–water partition coefficient (Wildman–Crippen LogP) is 12.7. The second-order valence-electron chi connectivity index (χ2n) is 13.1. The maximum absolute atomic E-state index is 12.4. The molecule has 0 amide bonds. The van der Waals surface area contributed by atoms with Crippen LogP contribution in [0.2, 0.25) is 0 Å². The van der Waals surface area contributed by atoms with Crippen LogP contribution in [0, 0.1) is 0 Å². The van der Waals surface area contributed by atoms with Crippen molar-refractivity contribution in [2.45, 2.75) is 226 Å². The zero-order valence-electron chi connectivity index (χ0n) is 29.2. The topological polar surface area (TPSA) is 44.8 Å². The smallest absolute Gasteiger partial charge is 0.572 e. The molecule has 0 radical (unpaired) electrons. The van der Waals surface area contributed by atoms with E-state index in [2.05, 4.69) is 13.8 Å². The molecule has 0 heterocycles. The van der Waals surface area contributed by atoms with Crippen molar-refractivity contribution >= 4 is 21.1 Å². The van der Waals surface area contributed by atoms with Crippen LogP contribution in [0.3, 0.4) is 0 Å². The molecule has 250 valence electrons. The molecule has 0 aromatic carbocycles. The second kappa shape index (κ2) is 35.4. The van der Waals surface area contributed by atoms with Gasteiger partial charge in [0.1, 0.15) is 0 Å². The number of hydrogen-bond donors (Lipinski definition) is 0. The van der Waals surface area contributed by atoms with Gasteiger partial charge in [-0.05, 0) is 26.7 Å². The Morgan fingerprint density at radius 1 is 0.476 bits per heavy atom. The van der Waals surface area contributed by atoms with Gasteiger partial charge in [-0.25, -0.2) is 0 Å². The first kappa shape index (κ1) is 41.9. The van der Waals surface area contributed by atoms with E-state index in [1.54, 1.807) is 0 Å². The highest BCUT2D eigenvalue weighted by molar-refractivity contribution is 6.39. The molecule has 0 saturated heterocycles. The summed E-state index contributed by atoms with van der Waals surface area (Å²) in [5, 5.41) is 0. The average molecular weight is 611 g/mol. The van der Waals surface area contributed by atoms with Crippen molar-refractivity contribution < 1.29 is 16.2 Å². The van der Waals surface area contributed by atoms with Crippen LogP contribution in [-0.4, -0.2) is 33.8 Å². The van der Waals surface area contributed by atoms with Crippen molar-refractivity contribution in [3.63, 3.8) is 0 Å². The lowest BCUT2D eigenvalue weighted by Crippen LogP contribution is -2.33. The molecule has 0 bridgehead atoms. The van der Waals surface area contributed by atoms with Gasteiger partial charge in [-0.3, -0.25) is 4.79 Å². The molecule has 0 aliphatic carbocycles. The predicted molar refractivity (Wildman–Crippen MR) is 184 cm³/mol. The van der Waals surface area contributed by atoms with Crippen LogP contribution < -0.4 is 0 Å². The number of carbonyl (C=O) groups excluding carboxylic acids is 1. The minimum atomic E-state index is -2.38. The third-order valence-electron chi connectivity index (χ3n) is 8.35. The minimum absolute atomic E-state index is 0.0246. The summed E-state index contributed by atoms with van der Waals surface area (Å²) in [6, 6.07) is 0. The molecule has 0 N–H and O–H groups in total. The molecule has 0 aromatic heterocycles. The van der Waals surface area contributed by atoms with Crippen molar-refractivity contribution in [2.75, 3.05) is 6.61 Å². The average Bonchev–Trinajstić information content (AvgIpc) is 2.96. The van der Waals surface area contributed by atoms with E-state index in [0.29, 0.717) is 13.0 Å².